The molecule has 5 aromatic carbocycles. The van der Waals surface area contributed by atoms with Gasteiger partial charge in [-0.1, -0.05) is 73.7 Å². The van der Waals surface area contributed by atoms with Crippen LogP contribution in [0.3, 0.4) is 0 Å². The molecule has 0 spiro atoms. The Morgan fingerprint density at radius 2 is 1.52 bits per heavy atom. The lowest BCUT2D eigenvalue weighted by atomic mass is 10.1. The first-order chi connectivity index (χ1) is 26.4. The second-order valence-corrected chi connectivity index (χ2v) is 14.1. The molecule has 0 aliphatic carbocycles. The smallest absolute Gasteiger partial charge is 0.272 e. The number of nitrogens with zero attached hydrogens (tertiary/aromatic N) is 1. The molecule has 0 radical (unpaired) electrons. The van der Waals surface area contributed by atoms with E-state index in [2.05, 4.69) is 20.9 Å². The fraction of sp³-hybridized carbons (Fsp3) is 0.116. The van der Waals surface area contributed by atoms with Crippen molar-refractivity contribution >= 4 is 57.7 Å². The molecule has 3 amide bonds. The molecule has 0 fully saturated rings. The molecule has 1 unspecified atom stereocenters. The Kier molecular flexibility index (Phi) is 12.9. The molecule has 11 heteroatoms. The number of rotatable bonds is 15. The van der Waals surface area contributed by atoms with Crippen molar-refractivity contribution in [1.29, 1.82) is 0 Å². The van der Waals surface area contributed by atoms with E-state index in [9.17, 15) is 14.4 Å². The number of carbonyl (C=O) groups is 3. The van der Waals surface area contributed by atoms with Crippen LogP contribution in [-0.4, -0.2) is 35.1 Å². The van der Waals surface area contributed by atoms with Crippen molar-refractivity contribution in [3.63, 3.8) is 0 Å². The van der Waals surface area contributed by atoms with Crippen molar-refractivity contribution in [2.45, 2.75) is 30.1 Å². The van der Waals surface area contributed by atoms with Gasteiger partial charge in [-0.05, 0) is 90.4 Å². The van der Waals surface area contributed by atoms with Gasteiger partial charge in [0.2, 0.25) is 5.91 Å². The summed E-state index contributed by atoms with van der Waals surface area (Å²) in [5, 5.41) is 10.7. The number of anilines is 2. The Hall–Kier alpha value is -6.17. The maximum atomic E-state index is 13.7. The second-order valence-electron chi connectivity index (χ2n) is 12.0. The summed E-state index contributed by atoms with van der Waals surface area (Å²) in [5.74, 6) is 0.337. The maximum absolute atomic E-state index is 13.7. The van der Waals surface area contributed by atoms with Crippen LogP contribution >= 0.6 is 23.1 Å². The number of amides is 3. The Bertz CT molecular complexity index is 2210. The van der Waals surface area contributed by atoms with Crippen LogP contribution in [-0.2, 0) is 16.2 Å². The summed E-state index contributed by atoms with van der Waals surface area (Å²) < 4.78 is 11.2. The van der Waals surface area contributed by atoms with Crippen LogP contribution in [0.4, 0.5) is 10.8 Å². The molecular weight excluding hydrogens is 717 g/mol. The first-order valence-electron chi connectivity index (χ1n) is 17.2. The summed E-state index contributed by atoms with van der Waals surface area (Å²) in [6.45, 7) is 2.37. The fourth-order valence-electron chi connectivity index (χ4n) is 5.25. The van der Waals surface area contributed by atoms with Gasteiger partial charge in [-0.25, -0.2) is 4.98 Å². The zero-order valence-corrected chi connectivity index (χ0v) is 31.3. The van der Waals surface area contributed by atoms with Gasteiger partial charge < -0.3 is 25.4 Å². The largest absolute Gasteiger partial charge is 0.497 e. The minimum atomic E-state index is -0.507. The van der Waals surface area contributed by atoms with Gasteiger partial charge in [0.15, 0.2) is 5.13 Å². The van der Waals surface area contributed by atoms with E-state index in [-0.39, 0.29) is 11.6 Å². The summed E-state index contributed by atoms with van der Waals surface area (Å²) in [4.78, 5) is 45.7. The highest BCUT2D eigenvalue weighted by atomic mass is 32.2. The van der Waals surface area contributed by atoms with Crippen molar-refractivity contribution in [2.75, 3.05) is 17.7 Å². The summed E-state index contributed by atoms with van der Waals surface area (Å²) in [6.07, 6.45) is 2.18. The van der Waals surface area contributed by atoms with Gasteiger partial charge in [0.1, 0.15) is 23.8 Å². The number of benzene rings is 5. The molecule has 9 nitrogen and oxygen atoms in total. The number of nitrogens with one attached hydrogen (secondary N) is 3. The zero-order valence-electron chi connectivity index (χ0n) is 29.7. The van der Waals surface area contributed by atoms with Crippen LogP contribution < -0.4 is 25.4 Å². The molecule has 272 valence electrons. The summed E-state index contributed by atoms with van der Waals surface area (Å²) in [7, 11) is 1.62. The van der Waals surface area contributed by atoms with Crippen LogP contribution in [0.15, 0.2) is 149 Å². The number of methoxy groups -OCH3 is 1. The van der Waals surface area contributed by atoms with Gasteiger partial charge in [-0.2, -0.15) is 0 Å². The van der Waals surface area contributed by atoms with E-state index in [0.29, 0.717) is 40.7 Å². The van der Waals surface area contributed by atoms with Crippen molar-refractivity contribution in [2.24, 2.45) is 0 Å². The van der Waals surface area contributed by atoms with E-state index in [1.165, 1.54) is 23.1 Å². The maximum Gasteiger partial charge on any atom is 0.272 e. The van der Waals surface area contributed by atoms with Gasteiger partial charge >= 0.3 is 0 Å². The highest BCUT2D eigenvalue weighted by Gasteiger charge is 2.21. The third-order valence-electron chi connectivity index (χ3n) is 8.12. The van der Waals surface area contributed by atoms with E-state index >= 15 is 0 Å². The second kappa shape index (κ2) is 18.5. The summed E-state index contributed by atoms with van der Waals surface area (Å²) in [5.41, 5.74) is 4.41. The van der Waals surface area contributed by atoms with Gasteiger partial charge in [-0.3, -0.25) is 14.4 Å². The van der Waals surface area contributed by atoms with Gasteiger partial charge in [0.25, 0.3) is 11.8 Å². The molecule has 54 heavy (non-hydrogen) atoms. The molecule has 0 aliphatic heterocycles. The zero-order chi connectivity index (χ0) is 37.7. The third-order valence-corrected chi connectivity index (χ3v) is 10.2. The molecule has 1 heterocycles. The predicted octanol–water partition coefficient (Wildman–Crippen LogP) is 9.32. The van der Waals surface area contributed by atoms with Gasteiger partial charge in [-0.15, -0.1) is 23.1 Å². The number of aromatic nitrogens is 1. The average Bonchev–Trinajstić information content (AvgIpc) is 3.68. The molecule has 3 N–H and O–H groups in total. The number of thiazole rings is 1. The molecule has 0 aliphatic rings. The molecular formula is C43H38N4O5S2. The Labute approximate surface area is 322 Å². The molecule has 6 aromatic rings. The highest BCUT2D eigenvalue weighted by Crippen LogP contribution is 2.31. The molecule has 1 atom stereocenters. The monoisotopic (exact) mass is 754 g/mol. The molecule has 1 aromatic heterocycles. The highest BCUT2D eigenvalue weighted by molar-refractivity contribution is 8.00. The van der Waals surface area contributed by atoms with Crippen molar-refractivity contribution in [1.82, 2.24) is 10.3 Å². The standard InChI is InChI=1S/C43H38N4O5S2/c1-3-39(42(50)47-43-46-38(28-53-43)31-19-23-34(51-2)24-20-31)54-36-16-10-15-33(26-36)44-41(49)37(45-40(48)32-13-8-5-9-14-32)25-29-17-21-35(22-18-29)52-27-30-11-6-4-7-12-30/h4-26,28,39H,3,27H2,1-2H3,(H,44,49)(H,45,48)(H,46,47,50)/b37-25-. The minimum Gasteiger partial charge on any atom is -0.497 e. The van der Waals surface area contributed by atoms with Crippen LogP contribution in [0.5, 0.6) is 11.5 Å². The number of thioether (sulfide) groups is 1. The number of hydrogen-bond acceptors (Lipinski definition) is 8. The van der Waals surface area contributed by atoms with Crippen molar-refractivity contribution < 1.29 is 23.9 Å². The van der Waals surface area contributed by atoms with E-state index in [0.717, 1.165) is 27.5 Å². The minimum absolute atomic E-state index is 0.0585. The van der Waals surface area contributed by atoms with Crippen LogP contribution in [0.2, 0.25) is 0 Å². The topological polar surface area (TPSA) is 119 Å². The number of carbonyl (C=O) groups excluding carboxylic acids is 3. The summed E-state index contributed by atoms with van der Waals surface area (Å²) in [6, 6.07) is 40.7. The van der Waals surface area contributed by atoms with Crippen LogP contribution in [0, 0.1) is 0 Å². The Morgan fingerprint density at radius 3 is 2.22 bits per heavy atom. The van der Waals surface area contributed by atoms with Gasteiger partial charge in [0, 0.05) is 27.1 Å². The first-order valence-corrected chi connectivity index (χ1v) is 19.0. The van der Waals surface area contributed by atoms with Crippen LogP contribution in [0.1, 0.15) is 34.8 Å². The summed E-state index contributed by atoms with van der Waals surface area (Å²) >= 11 is 2.75. The van der Waals surface area contributed by atoms with E-state index < -0.39 is 17.1 Å². The SMILES string of the molecule is CCC(Sc1cccc(NC(=O)/C(=C/c2ccc(OCc3ccccc3)cc2)NC(=O)c2ccccc2)c1)C(=O)Nc1nc(-c2ccc(OC)cc2)cs1. The lowest BCUT2D eigenvalue weighted by Crippen LogP contribution is -2.30. The number of ether oxygens (including phenoxy) is 2. The van der Waals surface area contributed by atoms with E-state index in [1.54, 1.807) is 49.6 Å². The molecule has 6 rings (SSSR count). The first kappa shape index (κ1) is 37.6. The van der Waals surface area contributed by atoms with E-state index in [1.807, 2.05) is 109 Å². The average molecular weight is 755 g/mol. The lowest BCUT2D eigenvalue weighted by molar-refractivity contribution is -0.116. The normalized spacial score (nSPS) is 11.6. The molecule has 0 saturated carbocycles. The van der Waals surface area contributed by atoms with Crippen LogP contribution in [0.25, 0.3) is 17.3 Å². The van der Waals surface area contributed by atoms with Crippen molar-refractivity contribution in [3.8, 4) is 22.8 Å². The van der Waals surface area contributed by atoms with Crippen molar-refractivity contribution in [3.05, 3.63) is 161 Å². The quantitative estimate of drug-likeness (QED) is 0.0707. The predicted molar refractivity (Wildman–Crippen MR) is 217 cm³/mol. The van der Waals surface area contributed by atoms with E-state index in [4.69, 9.17) is 9.47 Å². The number of hydrogen-bond donors (Lipinski definition) is 3. The lowest BCUT2D eigenvalue weighted by Gasteiger charge is -2.15. The fourth-order valence-corrected chi connectivity index (χ4v) is 6.99. The molecule has 0 saturated heterocycles. The third kappa shape index (κ3) is 10.5. The Balaban J connectivity index is 1.12. The molecule has 0 bridgehead atoms. The van der Waals surface area contributed by atoms with Gasteiger partial charge in [0.05, 0.1) is 18.1 Å². The Morgan fingerprint density at radius 1 is 0.815 bits per heavy atom.